The predicted molar refractivity (Wildman–Crippen MR) is 105 cm³/mol. The van der Waals surface area contributed by atoms with Gasteiger partial charge in [0, 0.05) is 29.1 Å². The number of hydrogen-bond donors (Lipinski definition) is 0. The van der Waals surface area contributed by atoms with E-state index in [4.69, 9.17) is 9.26 Å². The lowest BCUT2D eigenvalue weighted by atomic mass is 10.2. The first-order valence-corrected chi connectivity index (χ1v) is 9.49. The third-order valence-electron chi connectivity index (χ3n) is 4.95. The zero-order chi connectivity index (χ0) is 19.7. The number of carbonyl (C=O) groups is 1. The maximum atomic E-state index is 12.2. The van der Waals surface area contributed by atoms with Gasteiger partial charge in [-0.3, -0.25) is 0 Å². The van der Waals surface area contributed by atoms with Gasteiger partial charge in [-0.1, -0.05) is 35.5 Å². The van der Waals surface area contributed by atoms with Crippen LogP contribution < -0.4 is 0 Å². The van der Waals surface area contributed by atoms with Crippen LogP contribution in [0.2, 0.25) is 0 Å². The van der Waals surface area contributed by atoms with Crippen LogP contribution in [0.15, 0.2) is 47.0 Å². The molecule has 0 bridgehead atoms. The van der Waals surface area contributed by atoms with Gasteiger partial charge in [0.15, 0.2) is 6.10 Å². The van der Waals surface area contributed by atoms with Crippen molar-refractivity contribution in [2.75, 3.05) is 0 Å². The highest BCUT2D eigenvalue weighted by Gasteiger charge is 2.26. The highest BCUT2D eigenvalue weighted by molar-refractivity contribution is 5.87. The number of aromatic nitrogens is 3. The van der Waals surface area contributed by atoms with Gasteiger partial charge in [0.1, 0.15) is 0 Å². The Morgan fingerprint density at radius 1 is 1.29 bits per heavy atom. The number of ether oxygens (including phenoxy) is 1. The van der Waals surface area contributed by atoms with Gasteiger partial charge in [-0.15, -0.1) is 0 Å². The molecule has 1 fully saturated rings. The Morgan fingerprint density at radius 3 is 2.75 bits per heavy atom. The van der Waals surface area contributed by atoms with Gasteiger partial charge < -0.3 is 13.8 Å². The maximum Gasteiger partial charge on any atom is 0.331 e. The number of esters is 1. The highest BCUT2D eigenvalue weighted by atomic mass is 16.6. The smallest absolute Gasteiger partial charge is 0.331 e. The second-order valence-electron chi connectivity index (χ2n) is 7.16. The van der Waals surface area contributed by atoms with Crippen molar-refractivity contribution < 1.29 is 14.1 Å². The molecular weight excluding hydrogens is 354 g/mol. The standard InChI is InChI=1S/C22H23N3O3/c1-14-13-18(15(2)25(14)19-10-11-19)9-12-20(26)27-16(3)22-23-21(24-28-22)17-7-5-4-6-8-17/h4-9,12-13,16,19H,10-11H2,1-3H3/b12-9+/t16-/m0/s1. The van der Waals surface area contributed by atoms with Crippen LogP contribution in [0.25, 0.3) is 17.5 Å². The van der Waals surface area contributed by atoms with Crippen LogP contribution >= 0.6 is 0 Å². The van der Waals surface area contributed by atoms with Gasteiger partial charge in [0.05, 0.1) is 0 Å². The molecule has 1 aliphatic rings. The van der Waals surface area contributed by atoms with E-state index < -0.39 is 12.1 Å². The minimum absolute atomic E-state index is 0.271. The van der Waals surface area contributed by atoms with Crippen LogP contribution in [0.4, 0.5) is 0 Å². The molecule has 1 atom stereocenters. The molecule has 3 aromatic rings. The van der Waals surface area contributed by atoms with Crippen LogP contribution in [-0.2, 0) is 9.53 Å². The topological polar surface area (TPSA) is 70.2 Å². The molecule has 0 radical (unpaired) electrons. The molecule has 1 aromatic carbocycles. The first-order chi connectivity index (χ1) is 13.5. The van der Waals surface area contributed by atoms with E-state index in [0.29, 0.717) is 11.9 Å². The Balaban J connectivity index is 1.41. The summed E-state index contributed by atoms with van der Waals surface area (Å²) in [5.41, 5.74) is 4.29. The van der Waals surface area contributed by atoms with E-state index in [-0.39, 0.29) is 5.89 Å². The van der Waals surface area contributed by atoms with E-state index in [2.05, 4.69) is 34.6 Å². The summed E-state index contributed by atoms with van der Waals surface area (Å²) in [6, 6.07) is 12.2. The third-order valence-corrected chi connectivity index (χ3v) is 4.95. The van der Waals surface area contributed by atoms with Crippen LogP contribution in [0.5, 0.6) is 0 Å². The van der Waals surface area contributed by atoms with Crippen molar-refractivity contribution in [3.8, 4) is 11.4 Å². The second kappa shape index (κ2) is 7.46. The molecule has 1 saturated carbocycles. The zero-order valence-corrected chi connectivity index (χ0v) is 16.3. The van der Waals surface area contributed by atoms with Crippen molar-refractivity contribution in [1.29, 1.82) is 0 Å². The molecule has 0 spiro atoms. The fourth-order valence-corrected chi connectivity index (χ4v) is 3.39. The lowest BCUT2D eigenvalue weighted by Crippen LogP contribution is -2.06. The van der Waals surface area contributed by atoms with Crippen molar-refractivity contribution in [2.24, 2.45) is 0 Å². The Bertz CT molecular complexity index is 1010. The van der Waals surface area contributed by atoms with Gasteiger partial charge in [-0.2, -0.15) is 4.98 Å². The van der Waals surface area contributed by atoms with Crippen molar-refractivity contribution >= 4 is 12.0 Å². The summed E-state index contributed by atoms with van der Waals surface area (Å²) >= 11 is 0. The van der Waals surface area contributed by atoms with Crippen LogP contribution in [0.3, 0.4) is 0 Å². The van der Waals surface area contributed by atoms with Crippen molar-refractivity contribution in [3.05, 3.63) is 65.3 Å². The number of aryl methyl sites for hydroxylation is 1. The molecule has 0 saturated heterocycles. The Hall–Kier alpha value is -3.15. The van der Waals surface area contributed by atoms with Gasteiger partial charge in [0.25, 0.3) is 5.89 Å². The summed E-state index contributed by atoms with van der Waals surface area (Å²) in [5.74, 6) is 0.303. The summed E-state index contributed by atoms with van der Waals surface area (Å²) < 4.78 is 13.0. The molecule has 0 unspecified atom stereocenters. The van der Waals surface area contributed by atoms with Crippen molar-refractivity contribution in [2.45, 2.75) is 45.8 Å². The molecule has 2 aromatic heterocycles. The fourth-order valence-electron chi connectivity index (χ4n) is 3.39. The highest BCUT2D eigenvalue weighted by Crippen LogP contribution is 2.38. The van der Waals surface area contributed by atoms with E-state index in [9.17, 15) is 4.79 Å². The molecule has 0 N–H and O–H groups in total. The monoisotopic (exact) mass is 377 g/mol. The quantitative estimate of drug-likeness (QED) is 0.455. The minimum atomic E-state index is -0.624. The molecule has 0 amide bonds. The molecule has 1 aliphatic carbocycles. The molecule has 2 heterocycles. The minimum Gasteiger partial charge on any atom is -0.449 e. The largest absolute Gasteiger partial charge is 0.449 e. The number of benzene rings is 1. The third kappa shape index (κ3) is 3.76. The van der Waals surface area contributed by atoms with Gasteiger partial charge in [-0.05, 0) is 51.3 Å². The average molecular weight is 377 g/mol. The first kappa shape index (κ1) is 18.2. The fraction of sp³-hybridized carbons (Fsp3) is 0.318. The second-order valence-corrected chi connectivity index (χ2v) is 7.16. The molecule has 6 nitrogen and oxygen atoms in total. The zero-order valence-electron chi connectivity index (χ0n) is 16.3. The normalized spacial score (nSPS) is 15.1. The Morgan fingerprint density at radius 2 is 2.04 bits per heavy atom. The summed E-state index contributed by atoms with van der Waals surface area (Å²) in [7, 11) is 0. The Kier molecular flexibility index (Phi) is 4.86. The summed E-state index contributed by atoms with van der Waals surface area (Å²) in [6.45, 7) is 5.90. The van der Waals surface area contributed by atoms with Gasteiger partial charge in [0.2, 0.25) is 5.82 Å². The van der Waals surface area contributed by atoms with E-state index in [1.165, 1.54) is 30.3 Å². The van der Waals surface area contributed by atoms with Crippen LogP contribution in [-0.4, -0.2) is 20.7 Å². The molecular formula is C22H23N3O3. The number of hydrogen-bond acceptors (Lipinski definition) is 5. The van der Waals surface area contributed by atoms with Gasteiger partial charge in [-0.25, -0.2) is 4.79 Å². The molecule has 28 heavy (non-hydrogen) atoms. The van der Waals surface area contributed by atoms with Crippen LogP contribution in [0.1, 0.15) is 54.8 Å². The number of rotatable bonds is 6. The van der Waals surface area contributed by atoms with E-state index in [1.54, 1.807) is 13.0 Å². The van der Waals surface area contributed by atoms with Gasteiger partial charge >= 0.3 is 5.97 Å². The van der Waals surface area contributed by atoms with Crippen LogP contribution in [0, 0.1) is 13.8 Å². The molecule has 4 rings (SSSR count). The summed E-state index contributed by atoms with van der Waals surface area (Å²) in [5, 5.41) is 3.96. The number of carbonyl (C=O) groups excluding carboxylic acids is 1. The predicted octanol–water partition coefficient (Wildman–Crippen LogP) is 4.81. The molecule has 0 aliphatic heterocycles. The Labute approximate surface area is 163 Å². The maximum absolute atomic E-state index is 12.2. The summed E-state index contributed by atoms with van der Waals surface area (Å²) in [6.07, 6.45) is 5.09. The average Bonchev–Trinajstić information content (AvgIpc) is 3.30. The summed E-state index contributed by atoms with van der Waals surface area (Å²) in [4.78, 5) is 16.5. The van der Waals surface area contributed by atoms with Crippen molar-refractivity contribution in [3.63, 3.8) is 0 Å². The lowest BCUT2D eigenvalue weighted by molar-refractivity contribution is -0.143. The van der Waals surface area contributed by atoms with E-state index in [1.807, 2.05) is 30.3 Å². The first-order valence-electron chi connectivity index (χ1n) is 9.49. The lowest BCUT2D eigenvalue weighted by Gasteiger charge is -2.07. The molecule has 6 heteroatoms. The van der Waals surface area contributed by atoms with E-state index in [0.717, 1.165) is 11.1 Å². The van der Waals surface area contributed by atoms with Crippen molar-refractivity contribution in [1.82, 2.24) is 14.7 Å². The number of nitrogens with zero attached hydrogens (tertiary/aromatic N) is 3. The SMILES string of the molecule is Cc1cc(/C=C/C(=O)O[C@@H](C)c2nc(-c3ccccc3)no2)c(C)n1C1CC1. The van der Waals surface area contributed by atoms with E-state index >= 15 is 0 Å². The molecule has 144 valence electrons.